The first-order valence-corrected chi connectivity index (χ1v) is 10.4. The fraction of sp³-hybridized carbons (Fsp3) is 0.550. The maximum Gasteiger partial charge on any atom is 0.224 e. The van der Waals surface area contributed by atoms with E-state index in [2.05, 4.69) is 33.6 Å². The number of nitrogens with one attached hydrogen (secondary N) is 1. The van der Waals surface area contributed by atoms with Crippen LogP contribution in [0.5, 0.6) is 0 Å². The maximum atomic E-state index is 12.4. The summed E-state index contributed by atoms with van der Waals surface area (Å²) in [4.78, 5) is 19.4. The van der Waals surface area contributed by atoms with E-state index in [1.165, 1.54) is 29.9 Å². The van der Waals surface area contributed by atoms with Gasteiger partial charge < -0.3 is 10.2 Å². The summed E-state index contributed by atoms with van der Waals surface area (Å²) in [5.74, 6) is 1.12. The summed E-state index contributed by atoms with van der Waals surface area (Å²) in [5.41, 5.74) is 1.22. The van der Waals surface area contributed by atoms with E-state index in [9.17, 15) is 4.79 Å². The zero-order chi connectivity index (χ0) is 18.2. The molecule has 2 heterocycles. The number of piperidine rings is 1. The summed E-state index contributed by atoms with van der Waals surface area (Å²) < 4.78 is 4.51. The van der Waals surface area contributed by atoms with E-state index in [1.54, 1.807) is 0 Å². The number of nitrogens with zero attached hydrogens (tertiary/aromatic N) is 3. The molecular weight excluding hydrogens is 344 g/mol. The van der Waals surface area contributed by atoms with E-state index in [0.29, 0.717) is 0 Å². The number of anilines is 1. The Morgan fingerprint density at radius 1 is 1.31 bits per heavy atom. The molecule has 1 atom stereocenters. The molecule has 140 valence electrons. The lowest BCUT2D eigenvalue weighted by molar-refractivity contribution is -0.125. The van der Waals surface area contributed by atoms with E-state index >= 15 is 0 Å². The Morgan fingerprint density at radius 3 is 2.96 bits per heavy atom. The average molecular weight is 373 g/mol. The van der Waals surface area contributed by atoms with Crippen molar-refractivity contribution in [3.05, 3.63) is 41.7 Å². The molecule has 1 saturated heterocycles. The number of carbonyl (C=O) groups excluding carboxylic acids is 1. The van der Waals surface area contributed by atoms with Crippen LogP contribution in [-0.4, -0.2) is 34.9 Å². The third-order valence-corrected chi connectivity index (χ3v) is 5.62. The molecule has 26 heavy (non-hydrogen) atoms. The molecule has 3 rings (SSSR count). The first kappa shape index (κ1) is 18.8. The Balaban J connectivity index is 1.53. The molecule has 5 nitrogen and oxygen atoms in total. The van der Waals surface area contributed by atoms with E-state index in [4.69, 9.17) is 4.98 Å². The van der Waals surface area contributed by atoms with Crippen molar-refractivity contribution < 1.29 is 4.79 Å². The number of amides is 1. The van der Waals surface area contributed by atoms with Crippen LogP contribution in [0.3, 0.4) is 0 Å². The van der Waals surface area contributed by atoms with Crippen LogP contribution in [0.2, 0.25) is 0 Å². The van der Waals surface area contributed by atoms with Gasteiger partial charge in [0.15, 0.2) is 0 Å². The molecule has 1 aromatic carbocycles. The summed E-state index contributed by atoms with van der Waals surface area (Å²) in [5, 5.41) is 4.04. The average Bonchev–Trinajstić information content (AvgIpc) is 3.14. The highest BCUT2D eigenvalue weighted by molar-refractivity contribution is 7.09. The second kappa shape index (κ2) is 9.67. The third-order valence-electron chi connectivity index (χ3n) is 4.80. The minimum Gasteiger partial charge on any atom is -0.356 e. The lowest BCUT2D eigenvalue weighted by atomic mass is 9.97. The number of unbranched alkanes of at least 4 members (excludes halogenated alkanes) is 2. The standard InChI is InChI=1S/C20H28N4OS/c1-2-3-7-12-21-19(25)17-11-8-13-24(15-17)20-22-18(23-26-20)14-16-9-5-4-6-10-16/h4-6,9-10,17H,2-3,7-8,11-15H2,1H3,(H,21,25). The van der Waals surface area contributed by atoms with Crippen LogP contribution < -0.4 is 10.2 Å². The SMILES string of the molecule is CCCCCNC(=O)C1CCCN(c2nc(Cc3ccccc3)ns2)C1. The van der Waals surface area contributed by atoms with Gasteiger partial charge in [-0.25, -0.2) is 4.98 Å². The number of carbonyl (C=O) groups is 1. The van der Waals surface area contributed by atoms with E-state index in [-0.39, 0.29) is 11.8 Å². The number of benzene rings is 1. The highest BCUT2D eigenvalue weighted by Crippen LogP contribution is 2.25. The molecule has 1 aliphatic rings. The molecule has 6 heteroatoms. The van der Waals surface area contributed by atoms with Crippen molar-refractivity contribution in [2.75, 3.05) is 24.5 Å². The summed E-state index contributed by atoms with van der Waals surface area (Å²) in [6, 6.07) is 10.3. The van der Waals surface area contributed by atoms with Crippen molar-refractivity contribution in [1.29, 1.82) is 0 Å². The topological polar surface area (TPSA) is 58.1 Å². The molecule has 1 aliphatic heterocycles. The Bertz CT molecular complexity index is 688. The highest BCUT2D eigenvalue weighted by Gasteiger charge is 2.27. The predicted molar refractivity (Wildman–Crippen MR) is 107 cm³/mol. The fourth-order valence-corrected chi connectivity index (χ4v) is 4.04. The molecule has 1 fully saturated rings. The molecular formula is C20H28N4OS. The van der Waals surface area contributed by atoms with Crippen molar-refractivity contribution in [1.82, 2.24) is 14.7 Å². The van der Waals surface area contributed by atoms with Crippen LogP contribution in [0.1, 0.15) is 50.4 Å². The van der Waals surface area contributed by atoms with Gasteiger partial charge in [-0.2, -0.15) is 4.37 Å². The third kappa shape index (κ3) is 5.27. The number of rotatable bonds is 8. The van der Waals surface area contributed by atoms with Crippen molar-refractivity contribution in [2.45, 2.75) is 45.4 Å². The van der Waals surface area contributed by atoms with Crippen LogP contribution in [0.25, 0.3) is 0 Å². The Labute approximate surface area is 160 Å². The van der Waals surface area contributed by atoms with Gasteiger partial charge in [0.1, 0.15) is 5.82 Å². The van der Waals surface area contributed by atoms with Crippen molar-refractivity contribution in [3.63, 3.8) is 0 Å². The van der Waals surface area contributed by atoms with Crippen LogP contribution in [0.15, 0.2) is 30.3 Å². The van der Waals surface area contributed by atoms with Crippen molar-refractivity contribution >= 4 is 22.6 Å². The molecule has 1 amide bonds. The second-order valence-electron chi connectivity index (χ2n) is 6.94. The smallest absolute Gasteiger partial charge is 0.224 e. The molecule has 0 radical (unpaired) electrons. The summed E-state index contributed by atoms with van der Waals surface area (Å²) in [6.45, 7) is 4.68. The monoisotopic (exact) mass is 372 g/mol. The van der Waals surface area contributed by atoms with Gasteiger partial charge in [0.05, 0.1) is 5.92 Å². The molecule has 1 unspecified atom stereocenters. The van der Waals surface area contributed by atoms with Gasteiger partial charge >= 0.3 is 0 Å². The van der Waals surface area contributed by atoms with E-state index in [0.717, 1.165) is 56.3 Å². The van der Waals surface area contributed by atoms with Gasteiger partial charge in [-0.1, -0.05) is 50.1 Å². The number of hydrogen-bond donors (Lipinski definition) is 1. The predicted octanol–water partition coefficient (Wildman–Crippen LogP) is 3.65. The van der Waals surface area contributed by atoms with E-state index < -0.39 is 0 Å². The van der Waals surface area contributed by atoms with Gasteiger partial charge in [-0.15, -0.1) is 0 Å². The minimum absolute atomic E-state index is 0.0619. The van der Waals surface area contributed by atoms with Crippen LogP contribution in [0.4, 0.5) is 5.13 Å². The summed E-state index contributed by atoms with van der Waals surface area (Å²) in [7, 11) is 0. The van der Waals surface area contributed by atoms with Crippen molar-refractivity contribution in [3.8, 4) is 0 Å². The van der Waals surface area contributed by atoms with Crippen LogP contribution in [-0.2, 0) is 11.2 Å². The van der Waals surface area contributed by atoms with Gasteiger partial charge in [-0.05, 0) is 24.8 Å². The largest absolute Gasteiger partial charge is 0.356 e. The van der Waals surface area contributed by atoms with Gasteiger partial charge in [0, 0.05) is 37.6 Å². The number of aromatic nitrogens is 2. The Hall–Kier alpha value is -1.95. The molecule has 0 aliphatic carbocycles. The number of hydrogen-bond acceptors (Lipinski definition) is 5. The molecule has 0 bridgehead atoms. The maximum absolute atomic E-state index is 12.4. The van der Waals surface area contributed by atoms with Gasteiger partial charge in [-0.3, -0.25) is 4.79 Å². The van der Waals surface area contributed by atoms with Crippen LogP contribution >= 0.6 is 11.5 Å². The lowest BCUT2D eigenvalue weighted by Crippen LogP contribution is -2.43. The first-order valence-electron chi connectivity index (χ1n) is 9.65. The summed E-state index contributed by atoms with van der Waals surface area (Å²) in [6.07, 6.45) is 6.17. The molecule has 0 spiro atoms. The zero-order valence-electron chi connectivity index (χ0n) is 15.5. The summed E-state index contributed by atoms with van der Waals surface area (Å²) >= 11 is 1.45. The van der Waals surface area contributed by atoms with Crippen LogP contribution in [0, 0.1) is 5.92 Å². The zero-order valence-corrected chi connectivity index (χ0v) is 16.3. The molecule has 1 aromatic heterocycles. The molecule has 1 N–H and O–H groups in total. The molecule has 0 saturated carbocycles. The Morgan fingerprint density at radius 2 is 2.15 bits per heavy atom. The fourth-order valence-electron chi connectivity index (χ4n) is 3.32. The highest BCUT2D eigenvalue weighted by atomic mass is 32.1. The Kier molecular flexibility index (Phi) is 7.00. The minimum atomic E-state index is 0.0619. The molecule has 2 aromatic rings. The second-order valence-corrected chi connectivity index (χ2v) is 7.67. The first-order chi connectivity index (χ1) is 12.8. The normalized spacial score (nSPS) is 17.3. The quantitative estimate of drug-likeness (QED) is 0.719. The van der Waals surface area contributed by atoms with Gasteiger partial charge in [0.25, 0.3) is 0 Å². The van der Waals surface area contributed by atoms with Gasteiger partial charge in [0.2, 0.25) is 11.0 Å². The van der Waals surface area contributed by atoms with Crippen molar-refractivity contribution in [2.24, 2.45) is 5.92 Å². The van der Waals surface area contributed by atoms with E-state index in [1.807, 2.05) is 18.2 Å². The lowest BCUT2D eigenvalue weighted by Gasteiger charge is -2.31.